The minimum absolute atomic E-state index is 0.0492. The molecule has 0 aromatic rings. The van der Waals surface area contributed by atoms with E-state index < -0.39 is 60.4 Å². The van der Waals surface area contributed by atoms with Gasteiger partial charge in [-0.2, -0.15) is 0 Å². The third-order valence-electron chi connectivity index (χ3n) is 11.7. The monoisotopic (exact) mass is 865 g/mol. The van der Waals surface area contributed by atoms with Crippen LogP contribution in [0.3, 0.4) is 0 Å². The summed E-state index contributed by atoms with van der Waals surface area (Å²) in [7, 11) is 0. The molecule has 1 aliphatic heterocycles. The first kappa shape index (κ1) is 55.7. The van der Waals surface area contributed by atoms with Crippen molar-refractivity contribution in [3.05, 3.63) is 0 Å². The van der Waals surface area contributed by atoms with Crippen LogP contribution >= 0.6 is 0 Å². The second-order valence-corrected chi connectivity index (χ2v) is 17.2. The zero-order chi connectivity index (χ0) is 45.1. The maximum Gasteiger partial charge on any atom is 0.248 e. The van der Waals surface area contributed by atoms with Gasteiger partial charge in [0.1, 0.15) is 24.2 Å². The maximum atomic E-state index is 13.8. The summed E-state index contributed by atoms with van der Waals surface area (Å²) in [5.41, 5.74) is 11.5. The predicted octanol–water partition coefficient (Wildman–Crippen LogP) is 4.75. The third-order valence-corrected chi connectivity index (χ3v) is 11.7. The number of nitrogens with one attached hydrogen (secondary N) is 5. The Bertz CT molecular complexity index is 1220. The van der Waals surface area contributed by atoms with Crippen LogP contribution in [0.25, 0.3) is 0 Å². The van der Waals surface area contributed by atoms with E-state index in [2.05, 4.69) is 40.4 Å². The molecule has 0 radical (unpaired) electrons. The van der Waals surface area contributed by atoms with Crippen LogP contribution in [-0.4, -0.2) is 108 Å². The van der Waals surface area contributed by atoms with Gasteiger partial charge in [-0.1, -0.05) is 136 Å². The molecule has 354 valence electrons. The molecule has 1 aliphatic rings. The number of nitrogens with zero attached hydrogens (tertiary/aromatic N) is 1. The number of unbranched alkanes of at least 4 members (excludes halogenated alkanes) is 19. The SMILES string of the molecule is CCCCCCCCCCCCNC(=O)CC[C@H](NC(=O)[C@@H]1CCCN1C(=O)[C@H](CO)NC(=O)[C@H](C)NC(=O)[C@@H](N)CCCCN)C(=O)NCCCCCCCCCCCC. The third kappa shape index (κ3) is 26.1. The Labute approximate surface area is 368 Å². The molecule has 0 aromatic heterocycles. The van der Waals surface area contributed by atoms with E-state index in [1.807, 2.05) is 0 Å². The quantitative estimate of drug-likeness (QED) is 0.0399. The number of rotatable bonds is 38. The van der Waals surface area contributed by atoms with Crippen molar-refractivity contribution < 1.29 is 33.9 Å². The number of carbonyl (C=O) groups is 6. The minimum Gasteiger partial charge on any atom is -0.394 e. The van der Waals surface area contributed by atoms with E-state index in [1.54, 1.807) is 0 Å². The molecule has 1 heterocycles. The van der Waals surface area contributed by atoms with Gasteiger partial charge in [0.15, 0.2) is 0 Å². The summed E-state index contributed by atoms with van der Waals surface area (Å²) in [6.45, 7) is 6.88. The number of nitrogens with two attached hydrogens (primary N) is 2. The van der Waals surface area contributed by atoms with Crippen molar-refractivity contribution in [2.24, 2.45) is 11.5 Å². The molecular formula is C46H88N8O7. The van der Waals surface area contributed by atoms with E-state index in [1.165, 1.54) is 102 Å². The lowest BCUT2D eigenvalue weighted by Crippen LogP contribution is -2.59. The molecule has 5 atom stereocenters. The van der Waals surface area contributed by atoms with Gasteiger partial charge in [-0.05, 0) is 58.4 Å². The van der Waals surface area contributed by atoms with Gasteiger partial charge in [0.25, 0.3) is 0 Å². The topological polar surface area (TPSA) is 238 Å². The van der Waals surface area contributed by atoms with Crippen molar-refractivity contribution in [1.29, 1.82) is 0 Å². The fourth-order valence-electron chi connectivity index (χ4n) is 7.70. The Morgan fingerprint density at radius 3 is 1.67 bits per heavy atom. The smallest absolute Gasteiger partial charge is 0.248 e. The van der Waals surface area contributed by atoms with E-state index in [0.29, 0.717) is 45.3 Å². The molecule has 1 fully saturated rings. The molecule has 0 aliphatic carbocycles. The molecule has 10 N–H and O–H groups in total. The molecule has 0 aromatic carbocycles. The molecule has 61 heavy (non-hydrogen) atoms. The average Bonchev–Trinajstić information content (AvgIpc) is 3.75. The van der Waals surface area contributed by atoms with Crippen LogP contribution in [0, 0.1) is 0 Å². The number of aliphatic hydroxyl groups excluding tert-OH is 1. The predicted molar refractivity (Wildman–Crippen MR) is 243 cm³/mol. The number of amides is 6. The molecule has 15 heteroatoms. The van der Waals surface area contributed by atoms with Crippen LogP contribution in [-0.2, 0) is 28.8 Å². The second kappa shape index (κ2) is 36.2. The maximum absolute atomic E-state index is 13.8. The molecule has 6 amide bonds. The lowest BCUT2D eigenvalue weighted by Gasteiger charge is -2.29. The lowest BCUT2D eigenvalue weighted by atomic mass is 10.1. The molecular weight excluding hydrogens is 777 g/mol. The molecule has 1 rings (SSSR count). The Morgan fingerprint density at radius 2 is 1.15 bits per heavy atom. The van der Waals surface area contributed by atoms with Crippen LogP contribution in [0.2, 0.25) is 0 Å². The minimum atomic E-state index is -1.36. The number of carbonyl (C=O) groups excluding carboxylic acids is 6. The van der Waals surface area contributed by atoms with Crippen LogP contribution in [0.5, 0.6) is 0 Å². The first-order chi connectivity index (χ1) is 29.5. The van der Waals surface area contributed by atoms with Gasteiger partial charge in [0.2, 0.25) is 35.4 Å². The van der Waals surface area contributed by atoms with Crippen molar-refractivity contribution in [2.45, 2.75) is 224 Å². The van der Waals surface area contributed by atoms with Crippen molar-refractivity contribution >= 4 is 35.4 Å². The molecule has 0 saturated carbocycles. The van der Waals surface area contributed by atoms with Crippen molar-refractivity contribution in [2.75, 3.05) is 32.8 Å². The van der Waals surface area contributed by atoms with Crippen molar-refractivity contribution in [1.82, 2.24) is 31.5 Å². The highest BCUT2D eigenvalue weighted by molar-refractivity contribution is 5.96. The van der Waals surface area contributed by atoms with Gasteiger partial charge in [-0.15, -0.1) is 0 Å². The van der Waals surface area contributed by atoms with Crippen LogP contribution in [0.1, 0.15) is 194 Å². The normalized spacial score (nSPS) is 15.7. The standard InChI is InChI=1S/C46H88N8O7/c1-4-6-8-10-12-14-16-18-20-24-32-49-41(56)30-29-38(44(59)50-33-25-21-19-17-15-13-11-9-7-5-2)52-45(60)40-28-26-34-54(40)46(61)39(35-55)53-42(57)36(3)51-43(58)37(48)27-22-23-31-47/h36-40,55H,4-35,47-48H2,1-3H3,(H,49,56)(H,50,59)(H,51,58)(H,52,60)(H,53,57)/t36-,37-,38-,39-,40-/m0/s1. The second-order valence-electron chi connectivity index (χ2n) is 17.2. The Morgan fingerprint density at radius 1 is 0.623 bits per heavy atom. The fourth-order valence-corrected chi connectivity index (χ4v) is 7.70. The number of hydrogen-bond donors (Lipinski definition) is 8. The zero-order valence-corrected chi connectivity index (χ0v) is 38.5. The summed E-state index contributed by atoms with van der Waals surface area (Å²) >= 11 is 0. The fraction of sp³-hybridized carbons (Fsp3) is 0.870. The molecule has 15 nitrogen and oxygen atoms in total. The Hall–Kier alpha value is -3.30. The number of likely N-dealkylation sites (tertiary alicyclic amines) is 1. The highest BCUT2D eigenvalue weighted by Gasteiger charge is 2.39. The van der Waals surface area contributed by atoms with Gasteiger partial charge < -0.3 is 48.1 Å². The average molecular weight is 865 g/mol. The summed E-state index contributed by atoms with van der Waals surface area (Å²) in [6, 6.07) is -5.16. The van der Waals surface area contributed by atoms with Crippen LogP contribution < -0.4 is 38.1 Å². The largest absolute Gasteiger partial charge is 0.394 e. The summed E-state index contributed by atoms with van der Waals surface area (Å²) in [4.78, 5) is 80.6. The lowest BCUT2D eigenvalue weighted by molar-refractivity contribution is -0.143. The molecule has 1 saturated heterocycles. The van der Waals surface area contributed by atoms with E-state index >= 15 is 0 Å². The molecule has 0 spiro atoms. The Balaban J connectivity index is 2.77. The van der Waals surface area contributed by atoms with Gasteiger partial charge >= 0.3 is 0 Å². The molecule has 0 unspecified atom stereocenters. The number of aliphatic hydroxyl groups is 1. The van der Waals surface area contributed by atoms with Crippen LogP contribution in [0.4, 0.5) is 0 Å². The summed E-state index contributed by atoms with van der Waals surface area (Å²) in [5.74, 6) is -2.96. The van der Waals surface area contributed by atoms with Crippen molar-refractivity contribution in [3.8, 4) is 0 Å². The highest BCUT2D eigenvalue weighted by atomic mass is 16.3. The van der Waals surface area contributed by atoms with Gasteiger partial charge in [0.05, 0.1) is 12.6 Å². The Kier molecular flexibility index (Phi) is 33.1. The molecule has 0 bridgehead atoms. The van der Waals surface area contributed by atoms with E-state index in [0.717, 1.165) is 44.9 Å². The van der Waals surface area contributed by atoms with E-state index in [9.17, 15) is 33.9 Å². The van der Waals surface area contributed by atoms with Crippen LogP contribution in [0.15, 0.2) is 0 Å². The van der Waals surface area contributed by atoms with E-state index in [-0.39, 0.29) is 31.2 Å². The van der Waals surface area contributed by atoms with E-state index in [4.69, 9.17) is 11.5 Å². The van der Waals surface area contributed by atoms with Crippen molar-refractivity contribution in [3.63, 3.8) is 0 Å². The van der Waals surface area contributed by atoms with Gasteiger partial charge in [-0.3, -0.25) is 28.8 Å². The summed E-state index contributed by atoms with van der Waals surface area (Å²) < 4.78 is 0. The first-order valence-electron chi connectivity index (χ1n) is 24.3. The highest BCUT2D eigenvalue weighted by Crippen LogP contribution is 2.20. The summed E-state index contributed by atoms with van der Waals surface area (Å²) in [6.07, 6.45) is 26.4. The number of hydrogen-bond acceptors (Lipinski definition) is 9. The van der Waals surface area contributed by atoms with Gasteiger partial charge in [0, 0.05) is 26.1 Å². The first-order valence-corrected chi connectivity index (χ1v) is 24.3. The zero-order valence-electron chi connectivity index (χ0n) is 38.5. The van der Waals surface area contributed by atoms with Gasteiger partial charge in [-0.25, -0.2) is 0 Å². The summed E-state index contributed by atoms with van der Waals surface area (Å²) in [5, 5.41) is 23.9.